The minimum atomic E-state index is -3.67. The standard InChI is InChI=1S/C11H12N4O4S/c1-19-11(16)14-8-2-4-9(5-3-8)15-20(17,18)10-6-12-13-7-10/h2-7,15H,1H3,(H,12,13)(H,14,16). The maximum absolute atomic E-state index is 11.9. The molecule has 0 atom stereocenters. The summed E-state index contributed by atoms with van der Waals surface area (Å²) in [6, 6.07) is 6.13. The third-order valence-corrected chi connectivity index (χ3v) is 3.70. The number of aromatic amines is 1. The number of ether oxygens (including phenoxy) is 1. The third kappa shape index (κ3) is 3.26. The molecular formula is C11H12N4O4S. The van der Waals surface area contributed by atoms with Gasteiger partial charge in [0.2, 0.25) is 0 Å². The summed E-state index contributed by atoms with van der Waals surface area (Å²) in [6.45, 7) is 0. The van der Waals surface area contributed by atoms with Gasteiger partial charge in [0.25, 0.3) is 10.0 Å². The molecule has 0 saturated heterocycles. The Hall–Kier alpha value is -2.55. The summed E-state index contributed by atoms with van der Waals surface area (Å²) in [5.41, 5.74) is 0.852. The molecule has 1 aromatic heterocycles. The largest absolute Gasteiger partial charge is 0.453 e. The van der Waals surface area contributed by atoms with Gasteiger partial charge in [0.1, 0.15) is 4.90 Å². The van der Waals surface area contributed by atoms with E-state index in [2.05, 4.69) is 25.0 Å². The van der Waals surface area contributed by atoms with Crippen LogP contribution in [0.25, 0.3) is 0 Å². The second-order valence-electron chi connectivity index (χ2n) is 3.73. The van der Waals surface area contributed by atoms with E-state index in [0.717, 1.165) is 0 Å². The van der Waals surface area contributed by atoms with Gasteiger partial charge in [-0.05, 0) is 24.3 Å². The lowest BCUT2D eigenvalue weighted by atomic mass is 10.3. The van der Waals surface area contributed by atoms with E-state index >= 15 is 0 Å². The maximum Gasteiger partial charge on any atom is 0.411 e. The summed E-state index contributed by atoms with van der Waals surface area (Å²) in [4.78, 5) is 11.0. The lowest BCUT2D eigenvalue weighted by Gasteiger charge is -2.07. The number of hydrogen-bond donors (Lipinski definition) is 3. The lowest BCUT2D eigenvalue weighted by molar-refractivity contribution is 0.187. The van der Waals surface area contributed by atoms with Crippen LogP contribution in [-0.4, -0.2) is 31.8 Å². The van der Waals surface area contributed by atoms with Crippen LogP contribution in [-0.2, 0) is 14.8 Å². The summed E-state index contributed by atoms with van der Waals surface area (Å²) in [5, 5.41) is 8.46. The van der Waals surface area contributed by atoms with Crippen LogP contribution in [0.4, 0.5) is 16.2 Å². The fourth-order valence-electron chi connectivity index (χ4n) is 1.39. The number of rotatable bonds is 4. The van der Waals surface area contributed by atoms with Crippen molar-refractivity contribution in [2.75, 3.05) is 17.1 Å². The highest BCUT2D eigenvalue weighted by atomic mass is 32.2. The number of nitrogens with zero attached hydrogens (tertiary/aromatic N) is 1. The Bertz CT molecular complexity index is 680. The number of methoxy groups -OCH3 is 1. The van der Waals surface area contributed by atoms with Gasteiger partial charge >= 0.3 is 6.09 Å². The van der Waals surface area contributed by atoms with Crippen molar-refractivity contribution >= 4 is 27.5 Å². The van der Waals surface area contributed by atoms with Crippen LogP contribution in [0.1, 0.15) is 0 Å². The Labute approximate surface area is 115 Å². The second-order valence-corrected chi connectivity index (χ2v) is 5.42. The lowest BCUT2D eigenvalue weighted by Crippen LogP contribution is -2.13. The summed E-state index contributed by atoms with van der Waals surface area (Å²) < 4.78 is 30.6. The van der Waals surface area contributed by atoms with E-state index in [1.54, 1.807) is 12.1 Å². The molecule has 0 aliphatic heterocycles. The summed E-state index contributed by atoms with van der Waals surface area (Å²) >= 11 is 0. The molecule has 106 valence electrons. The molecule has 0 aliphatic rings. The molecule has 0 spiro atoms. The molecule has 2 rings (SSSR count). The van der Waals surface area contributed by atoms with E-state index in [-0.39, 0.29) is 4.90 Å². The molecule has 20 heavy (non-hydrogen) atoms. The molecule has 0 aliphatic carbocycles. The molecule has 2 aromatic rings. The number of nitrogens with one attached hydrogen (secondary N) is 3. The SMILES string of the molecule is COC(=O)Nc1ccc(NS(=O)(=O)c2cn[nH]c2)cc1. The number of aromatic nitrogens is 2. The fourth-order valence-corrected chi connectivity index (χ4v) is 2.35. The van der Waals surface area contributed by atoms with Gasteiger partial charge in [-0.15, -0.1) is 0 Å². The van der Waals surface area contributed by atoms with E-state index in [9.17, 15) is 13.2 Å². The van der Waals surface area contributed by atoms with Gasteiger partial charge in [-0.2, -0.15) is 5.10 Å². The van der Waals surface area contributed by atoms with E-state index < -0.39 is 16.1 Å². The maximum atomic E-state index is 11.9. The van der Waals surface area contributed by atoms with Crippen molar-refractivity contribution in [2.24, 2.45) is 0 Å². The monoisotopic (exact) mass is 296 g/mol. The van der Waals surface area contributed by atoms with E-state index in [1.807, 2.05) is 0 Å². The van der Waals surface area contributed by atoms with Crippen molar-refractivity contribution in [1.82, 2.24) is 10.2 Å². The van der Waals surface area contributed by atoms with Crippen LogP contribution in [0.5, 0.6) is 0 Å². The van der Waals surface area contributed by atoms with Crippen molar-refractivity contribution in [1.29, 1.82) is 0 Å². The molecular weight excluding hydrogens is 284 g/mol. The number of carbonyl (C=O) groups excluding carboxylic acids is 1. The second kappa shape index (κ2) is 5.61. The molecule has 0 radical (unpaired) electrons. The minimum Gasteiger partial charge on any atom is -0.453 e. The van der Waals surface area contributed by atoms with Gasteiger partial charge < -0.3 is 4.74 Å². The molecule has 0 bridgehead atoms. The van der Waals surface area contributed by atoms with Gasteiger partial charge in [0.05, 0.1) is 13.3 Å². The number of benzene rings is 1. The summed E-state index contributed by atoms with van der Waals surface area (Å²) in [5.74, 6) is 0. The molecule has 1 heterocycles. The number of amides is 1. The number of sulfonamides is 1. The molecule has 0 fully saturated rings. The highest BCUT2D eigenvalue weighted by molar-refractivity contribution is 7.92. The first kappa shape index (κ1) is 13.9. The highest BCUT2D eigenvalue weighted by Gasteiger charge is 2.15. The average Bonchev–Trinajstić information content (AvgIpc) is 2.95. The topological polar surface area (TPSA) is 113 Å². The first-order valence-electron chi connectivity index (χ1n) is 5.48. The number of H-pyrrole nitrogens is 1. The van der Waals surface area contributed by atoms with Crippen LogP contribution in [0, 0.1) is 0 Å². The predicted molar refractivity (Wildman–Crippen MR) is 71.9 cm³/mol. The van der Waals surface area contributed by atoms with E-state index in [0.29, 0.717) is 11.4 Å². The fraction of sp³-hybridized carbons (Fsp3) is 0.0909. The van der Waals surface area contributed by atoms with Gasteiger partial charge in [0.15, 0.2) is 0 Å². The zero-order valence-electron chi connectivity index (χ0n) is 10.5. The van der Waals surface area contributed by atoms with Crippen LogP contribution in [0.15, 0.2) is 41.6 Å². The number of hydrogen-bond acceptors (Lipinski definition) is 5. The molecule has 8 nitrogen and oxygen atoms in total. The normalized spacial score (nSPS) is 10.8. The number of carbonyl (C=O) groups is 1. The van der Waals surface area contributed by atoms with Crippen LogP contribution < -0.4 is 10.0 Å². The van der Waals surface area contributed by atoms with Crippen molar-refractivity contribution in [3.8, 4) is 0 Å². The van der Waals surface area contributed by atoms with Crippen LogP contribution in [0.3, 0.4) is 0 Å². The van der Waals surface area contributed by atoms with Crippen molar-refractivity contribution in [3.63, 3.8) is 0 Å². The Balaban J connectivity index is 2.10. The molecule has 9 heteroatoms. The van der Waals surface area contributed by atoms with Crippen molar-refractivity contribution < 1.29 is 17.9 Å². The molecule has 1 amide bonds. The minimum absolute atomic E-state index is 0.0364. The first-order chi connectivity index (χ1) is 9.51. The zero-order valence-corrected chi connectivity index (χ0v) is 11.3. The highest BCUT2D eigenvalue weighted by Crippen LogP contribution is 2.17. The van der Waals surface area contributed by atoms with Gasteiger partial charge in [0, 0.05) is 17.6 Å². The molecule has 3 N–H and O–H groups in total. The van der Waals surface area contributed by atoms with Gasteiger partial charge in [-0.25, -0.2) is 13.2 Å². The molecule has 1 aromatic carbocycles. The first-order valence-corrected chi connectivity index (χ1v) is 6.96. The van der Waals surface area contributed by atoms with Crippen molar-refractivity contribution in [3.05, 3.63) is 36.7 Å². The summed E-state index contributed by atoms with van der Waals surface area (Å²) in [6.07, 6.45) is 1.88. The molecule has 0 saturated carbocycles. The number of anilines is 2. The average molecular weight is 296 g/mol. The Kier molecular flexibility index (Phi) is 3.89. The van der Waals surface area contributed by atoms with E-state index in [4.69, 9.17) is 0 Å². The quantitative estimate of drug-likeness (QED) is 0.789. The molecule has 0 unspecified atom stereocenters. The van der Waals surface area contributed by atoms with Gasteiger partial charge in [-0.1, -0.05) is 0 Å². The Morgan fingerprint density at radius 1 is 1.25 bits per heavy atom. The predicted octanol–water partition coefficient (Wildman–Crippen LogP) is 1.39. The van der Waals surface area contributed by atoms with Crippen LogP contribution in [0.2, 0.25) is 0 Å². The Morgan fingerprint density at radius 2 is 1.90 bits per heavy atom. The van der Waals surface area contributed by atoms with Gasteiger partial charge in [-0.3, -0.25) is 15.1 Å². The van der Waals surface area contributed by atoms with E-state index in [1.165, 1.54) is 31.6 Å². The zero-order chi connectivity index (χ0) is 14.6. The van der Waals surface area contributed by atoms with Crippen LogP contribution >= 0.6 is 0 Å². The summed E-state index contributed by atoms with van der Waals surface area (Å²) in [7, 11) is -2.41. The van der Waals surface area contributed by atoms with Crippen molar-refractivity contribution in [2.45, 2.75) is 4.90 Å². The third-order valence-electron chi connectivity index (χ3n) is 2.35. The smallest absolute Gasteiger partial charge is 0.411 e. The Morgan fingerprint density at radius 3 is 2.45 bits per heavy atom.